The second-order valence-electron chi connectivity index (χ2n) is 7.25. The number of aromatic nitrogens is 1. The third kappa shape index (κ3) is 2.93. The molecule has 2 aromatic carbocycles. The zero-order valence-electron chi connectivity index (χ0n) is 15.1. The number of fused-ring (bicyclic) bond motifs is 2. The van der Waals surface area contributed by atoms with Crippen molar-refractivity contribution in [1.29, 1.82) is 0 Å². The summed E-state index contributed by atoms with van der Waals surface area (Å²) in [5.41, 5.74) is 2.54. The zero-order valence-corrected chi connectivity index (χ0v) is 15.1. The maximum Gasteiger partial charge on any atom is 0.267 e. The van der Waals surface area contributed by atoms with Gasteiger partial charge in [-0.05, 0) is 42.5 Å². The van der Waals surface area contributed by atoms with Crippen molar-refractivity contribution >= 4 is 16.8 Å². The highest BCUT2D eigenvalue weighted by molar-refractivity contribution is 5.84. The predicted octanol–water partition coefficient (Wildman–Crippen LogP) is 3.71. The Morgan fingerprint density at radius 3 is 2.59 bits per heavy atom. The molecule has 1 unspecified atom stereocenters. The summed E-state index contributed by atoms with van der Waals surface area (Å²) in [5, 5.41) is 1.29. The van der Waals surface area contributed by atoms with E-state index in [1.165, 1.54) is 16.5 Å². The number of carbonyl (C=O) groups is 1. The normalized spacial score (nSPS) is 20.0. The van der Waals surface area contributed by atoms with E-state index in [0.29, 0.717) is 17.4 Å². The SMILES string of the molecule is O=C(C1COc2ccccc2O1)N1CCC(c2c[nH]c3ccccc23)CC1. The molecular weight excluding hydrogens is 340 g/mol. The summed E-state index contributed by atoms with van der Waals surface area (Å²) in [5.74, 6) is 1.87. The predicted molar refractivity (Wildman–Crippen MR) is 103 cm³/mol. The summed E-state index contributed by atoms with van der Waals surface area (Å²) >= 11 is 0. The van der Waals surface area contributed by atoms with Gasteiger partial charge in [-0.15, -0.1) is 0 Å². The van der Waals surface area contributed by atoms with E-state index in [1.807, 2.05) is 35.2 Å². The molecule has 0 aliphatic carbocycles. The van der Waals surface area contributed by atoms with Crippen LogP contribution in [0.2, 0.25) is 0 Å². The van der Waals surface area contributed by atoms with Crippen LogP contribution in [0.25, 0.3) is 10.9 Å². The number of hydrogen-bond acceptors (Lipinski definition) is 3. The van der Waals surface area contributed by atoms with E-state index in [0.717, 1.165) is 25.9 Å². The summed E-state index contributed by atoms with van der Waals surface area (Å²) in [6, 6.07) is 15.9. The molecule has 5 heteroatoms. The Hall–Kier alpha value is -2.95. The lowest BCUT2D eigenvalue weighted by Gasteiger charge is -2.35. The van der Waals surface area contributed by atoms with Gasteiger partial charge in [-0.2, -0.15) is 0 Å². The van der Waals surface area contributed by atoms with E-state index in [4.69, 9.17) is 9.47 Å². The van der Waals surface area contributed by atoms with Crippen LogP contribution in [0, 0.1) is 0 Å². The molecule has 1 saturated heterocycles. The Bertz CT molecular complexity index is 972. The average molecular weight is 362 g/mol. The molecule has 0 radical (unpaired) electrons. The number of amides is 1. The summed E-state index contributed by atoms with van der Waals surface area (Å²) in [6.45, 7) is 1.78. The maximum atomic E-state index is 12.9. The van der Waals surface area contributed by atoms with Gasteiger partial charge in [-0.3, -0.25) is 4.79 Å². The number of ether oxygens (including phenoxy) is 2. The van der Waals surface area contributed by atoms with Crippen LogP contribution in [0.1, 0.15) is 24.3 Å². The topological polar surface area (TPSA) is 54.6 Å². The molecule has 1 N–H and O–H groups in total. The van der Waals surface area contributed by atoms with Gasteiger partial charge in [0.05, 0.1) is 0 Å². The van der Waals surface area contributed by atoms with Gasteiger partial charge in [-0.1, -0.05) is 30.3 Å². The molecule has 27 heavy (non-hydrogen) atoms. The Balaban J connectivity index is 1.25. The first-order valence-corrected chi connectivity index (χ1v) is 9.53. The number of aromatic amines is 1. The van der Waals surface area contributed by atoms with Gasteiger partial charge in [0, 0.05) is 30.2 Å². The first kappa shape index (κ1) is 16.2. The smallest absolute Gasteiger partial charge is 0.267 e. The average Bonchev–Trinajstić information content (AvgIpc) is 3.17. The van der Waals surface area contributed by atoms with E-state index in [-0.39, 0.29) is 12.5 Å². The number of nitrogens with one attached hydrogen (secondary N) is 1. The van der Waals surface area contributed by atoms with Crippen molar-refractivity contribution in [2.75, 3.05) is 19.7 Å². The molecule has 1 atom stereocenters. The zero-order chi connectivity index (χ0) is 18.2. The summed E-state index contributed by atoms with van der Waals surface area (Å²) in [6.07, 6.45) is 3.52. The van der Waals surface area contributed by atoms with Crippen molar-refractivity contribution in [3.8, 4) is 11.5 Å². The molecule has 0 bridgehead atoms. The number of piperidine rings is 1. The monoisotopic (exact) mass is 362 g/mol. The van der Waals surface area contributed by atoms with Crippen LogP contribution < -0.4 is 9.47 Å². The van der Waals surface area contributed by atoms with Gasteiger partial charge in [0.1, 0.15) is 6.61 Å². The molecule has 1 fully saturated rings. The number of hydrogen-bond donors (Lipinski definition) is 1. The van der Waals surface area contributed by atoms with Crippen molar-refractivity contribution in [3.05, 3.63) is 60.3 Å². The first-order valence-electron chi connectivity index (χ1n) is 9.53. The lowest BCUT2D eigenvalue weighted by Crippen LogP contribution is -2.48. The maximum absolute atomic E-state index is 12.9. The molecule has 5 nitrogen and oxygen atoms in total. The number of benzene rings is 2. The van der Waals surface area contributed by atoms with Gasteiger partial charge in [0.2, 0.25) is 6.10 Å². The third-order valence-corrected chi connectivity index (χ3v) is 5.65. The quantitative estimate of drug-likeness (QED) is 0.756. The molecule has 1 amide bonds. The van der Waals surface area contributed by atoms with E-state index >= 15 is 0 Å². The van der Waals surface area contributed by atoms with E-state index in [1.54, 1.807) is 0 Å². The lowest BCUT2D eigenvalue weighted by molar-refractivity contribution is -0.142. The number of rotatable bonds is 2. The lowest BCUT2D eigenvalue weighted by atomic mass is 9.89. The van der Waals surface area contributed by atoms with Gasteiger partial charge in [0.15, 0.2) is 11.5 Å². The van der Waals surface area contributed by atoms with E-state index < -0.39 is 6.10 Å². The van der Waals surface area contributed by atoms with Crippen molar-refractivity contribution in [1.82, 2.24) is 9.88 Å². The van der Waals surface area contributed by atoms with Gasteiger partial charge in [-0.25, -0.2) is 0 Å². The van der Waals surface area contributed by atoms with Gasteiger partial charge in [0.25, 0.3) is 5.91 Å². The molecule has 1 aromatic heterocycles. The molecule has 0 saturated carbocycles. The fraction of sp³-hybridized carbons (Fsp3) is 0.318. The van der Waals surface area contributed by atoms with Crippen LogP contribution in [-0.2, 0) is 4.79 Å². The molecule has 3 heterocycles. The number of para-hydroxylation sites is 3. The van der Waals surface area contributed by atoms with Crippen LogP contribution in [-0.4, -0.2) is 41.6 Å². The molecule has 138 valence electrons. The van der Waals surface area contributed by atoms with Crippen molar-refractivity contribution < 1.29 is 14.3 Å². The number of likely N-dealkylation sites (tertiary alicyclic amines) is 1. The molecular formula is C22H22N2O3. The van der Waals surface area contributed by atoms with Gasteiger partial charge < -0.3 is 19.4 Å². The summed E-state index contributed by atoms with van der Waals surface area (Å²) in [7, 11) is 0. The highest BCUT2D eigenvalue weighted by Gasteiger charge is 2.33. The molecule has 0 spiro atoms. The standard InChI is InChI=1S/C22H22N2O3/c25-22(21-14-26-19-7-3-4-8-20(19)27-21)24-11-9-15(10-12-24)17-13-23-18-6-2-1-5-16(17)18/h1-8,13,15,21,23H,9-12,14H2. The Kier molecular flexibility index (Phi) is 4.00. The molecule has 5 rings (SSSR count). The van der Waals surface area contributed by atoms with Crippen LogP contribution in [0.15, 0.2) is 54.7 Å². The number of nitrogens with zero attached hydrogens (tertiary/aromatic N) is 1. The van der Waals surface area contributed by atoms with E-state index in [9.17, 15) is 4.79 Å². The van der Waals surface area contributed by atoms with Gasteiger partial charge >= 0.3 is 0 Å². The summed E-state index contributed by atoms with van der Waals surface area (Å²) in [4.78, 5) is 18.2. The molecule has 2 aliphatic heterocycles. The minimum atomic E-state index is -0.551. The second-order valence-corrected chi connectivity index (χ2v) is 7.25. The van der Waals surface area contributed by atoms with Crippen molar-refractivity contribution in [3.63, 3.8) is 0 Å². The number of carbonyl (C=O) groups excluding carboxylic acids is 1. The highest BCUT2D eigenvalue weighted by Crippen LogP contribution is 2.34. The molecule has 3 aromatic rings. The van der Waals surface area contributed by atoms with Crippen LogP contribution >= 0.6 is 0 Å². The fourth-order valence-corrected chi connectivity index (χ4v) is 4.19. The first-order chi connectivity index (χ1) is 13.3. The Labute approximate surface area is 157 Å². The van der Waals surface area contributed by atoms with E-state index in [2.05, 4.69) is 29.4 Å². The van der Waals surface area contributed by atoms with Crippen LogP contribution in [0.4, 0.5) is 0 Å². The van der Waals surface area contributed by atoms with Crippen molar-refractivity contribution in [2.24, 2.45) is 0 Å². The largest absolute Gasteiger partial charge is 0.485 e. The third-order valence-electron chi connectivity index (χ3n) is 5.65. The van der Waals surface area contributed by atoms with Crippen LogP contribution in [0.3, 0.4) is 0 Å². The van der Waals surface area contributed by atoms with Crippen molar-refractivity contribution in [2.45, 2.75) is 24.9 Å². The minimum absolute atomic E-state index is 0.0295. The summed E-state index contributed by atoms with van der Waals surface area (Å²) < 4.78 is 11.6. The van der Waals surface area contributed by atoms with Crippen LogP contribution in [0.5, 0.6) is 11.5 Å². The number of H-pyrrole nitrogens is 1. The Morgan fingerprint density at radius 1 is 1.00 bits per heavy atom. The molecule has 2 aliphatic rings. The second kappa shape index (κ2) is 6.65. The fourth-order valence-electron chi connectivity index (χ4n) is 4.19. The minimum Gasteiger partial charge on any atom is -0.485 e. The Morgan fingerprint density at radius 2 is 1.74 bits per heavy atom. The highest BCUT2D eigenvalue weighted by atomic mass is 16.6.